The number of carbonyl (C=O) groups excluding carboxylic acids is 1. The van der Waals surface area contributed by atoms with Crippen LogP contribution >= 0.6 is 0 Å². The Labute approximate surface area is 128 Å². The Bertz CT molecular complexity index is 646. The molecule has 6 heteroatoms. The molecule has 1 unspecified atom stereocenters. The van der Waals surface area contributed by atoms with Crippen LogP contribution in [0.2, 0.25) is 0 Å². The van der Waals surface area contributed by atoms with Crippen molar-refractivity contribution in [3.8, 4) is 12.0 Å². The summed E-state index contributed by atoms with van der Waals surface area (Å²) < 4.78 is 9.86. The summed E-state index contributed by atoms with van der Waals surface area (Å²) in [6.45, 7) is 6.26. The Morgan fingerprint density at radius 3 is 3.14 bits per heavy atom. The Kier molecular flexibility index (Phi) is 5.15. The molecule has 0 spiro atoms. The van der Waals surface area contributed by atoms with E-state index in [-0.39, 0.29) is 11.8 Å². The van der Waals surface area contributed by atoms with Gasteiger partial charge in [-0.25, -0.2) is 4.79 Å². The molecule has 22 heavy (non-hydrogen) atoms. The summed E-state index contributed by atoms with van der Waals surface area (Å²) in [5.41, 5.74) is 2.12. The molecule has 0 aromatic heterocycles. The molecule has 0 N–H and O–H groups in total. The molecule has 1 aromatic carbocycles. The Morgan fingerprint density at radius 1 is 1.59 bits per heavy atom. The zero-order valence-corrected chi connectivity index (χ0v) is 12.2. The molecule has 114 valence electrons. The number of ether oxygens (including phenoxy) is 2. The van der Waals surface area contributed by atoms with Crippen LogP contribution in [-0.4, -0.2) is 24.4 Å². The number of nitrogens with zero attached hydrogens (tertiary/aromatic N) is 2. The highest BCUT2D eigenvalue weighted by molar-refractivity contribution is 6.36. The van der Waals surface area contributed by atoms with Crippen molar-refractivity contribution in [3.05, 3.63) is 36.4 Å². The van der Waals surface area contributed by atoms with Crippen molar-refractivity contribution < 1.29 is 19.1 Å². The second-order valence-corrected chi connectivity index (χ2v) is 4.90. The van der Waals surface area contributed by atoms with Gasteiger partial charge < -0.3 is 14.3 Å². The molecule has 1 aromatic rings. The van der Waals surface area contributed by atoms with Gasteiger partial charge in [0.25, 0.3) is 6.26 Å². The van der Waals surface area contributed by atoms with E-state index in [9.17, 15) is 4.79 Å². The predicted molar refractivity (Wildman–Crippen MR) is 79.9 cm³/mol. The number of oxime groups is 1. The minimum Gasteiger partial charge on any atom is -0.493 e. The van der Waals surface area contributed by atoms with E-state index in [1.54, 1.807) is 0 Å². The Hall–Kier alpha value is -2.81. The molecule has 6 nitrogen and oxygen atoms in total. The van der Waals surface area contributed by atoms with Crippen LogP contribution in [0, 0.1) is 11.5 Å². The molecule has 0 amide bonds. The lowest BCUT2D eigenvalue weighted by atomic mass is 10.1. The van der Waals surface area contributed by atoms with Gasteiger partial charge in [0, 0.05) is 12.8 Å². The normalized spacial score (nSPS) is 16.2. The molecule has 0 saturated heterocycles. The van der Waals surface area contributed by atoms with Gasteiger partial charge in [-0.3, -0.25) is 0 Å². The van der Waals surface area contributed by atoms with E-state index in [1.807, 2.05) is 31.2 Å². The van der Waals surface area contributed by atoms with Gasteiger partial charge in [0.2, 0.25) is 0 Å². The summed E-state index contributed by atoms with van der Waals surface area (Å²) in [4.78, 5) is 16.4. The molecule has 1 aliphatic rings. The summed E-state index contributed by atoms with van der Waals surface area (Å²) in [5.74, 6) is -0.0105. The molecule has 0 fully saturated rings. The maximum Gasteiger partial charge on any atom is 0.371 e. The van der Waals surface area contributed by atoms with Crippen LogP contribution in [0.4, 0.5) is 0 Å². The number of benzene rings is 1. The number of esters is 1. The average molecular weight is 300 g/mol. The highest BCUT2D eigenvalue weighted by Crippen LogP contribution is 2.20. The van der Waals surface area contributed by atoms with E-state index in [4.69, 9.17) is 14.8 Å². The lowest BCUT2D eigenvalue weighted by Crippen LogP contribution is -2.18. The first-order valence-corrected chi connectivity index (χ1v) is 6.82. The number of carbonyl (C=O) groups is 1. The van der Waals surface area contributed by atoms with Gasteiger partial charge in [-0.2, -0.15) is 0 Å². The third-order valence-corrected chi connectivity index (χ3v) is 3.14. The standard InChI is InChI=1S/C16H16N2O4/c1-11(2)12-4-3-5-13(8-12)20-7-6-14-9-15(18-22-14)16(19)21-10-17/h3-5,8,14H,1,6-7,9H2,2H3. The van der Waals surface area contributed by atoms with Crippen molar-refractivity contribution in [2.45, 2.75) is 25.9 Å². The third kappa shape index (κ3) is 4.09. The molecule has 0 bridgehead atoms. The van der Waals surface area contributed by atoms with Gasteiger partial charge in [0.15, 0.2) is 5.71 Å². The predicted octanol–water partition coefficient (Wildman–Crippen LogP) is 2.66. The molecular weight excluding hydrogens is 284 g/mol. The van der Waals surface area contributed by atoms with E-state index in [0.717, 1.165) is 16.9 Å². The quantitative estimate of drug-likeness (QED) is 0.596. The largest absolute Gasteiger partial charge is 0.493 e. The molecule has 2 rings (SSSR count). The molecule has 1 heterocycles. The van der Waals surface area contributed by atoms with Gasteiger partial charge in [-0.1, -0.05) is 29.4 Å². The first-order chi connectivity index (χ1) is 10.6. The van der Waals surface area contributed by atoms with Gasteiger partial charge in [-0.05, 0) is 24.6 Å². The third-order valence-electron chi connectivity index (χ3n) is 3.14. The van der Waals surface area contributed by atoms with Crippen LogP contribution in [0.1, 0.15) is 25.3 Å². The van der Waals surface area contributed by atoms with Gasteiger partial charge in [-0.15, -0.1) is 5.26 Å². The van der Waals surface area contributed by atoms with E-state index < -0.39 is 5.97 Å². The van der Waals surface area contributed by atoms with Crippen LogP contribution in [0.15, 0.2) is 36.0 Å². The van der Waals surface area contributed by atoms with Crippen molar-refractivity contribution in [1.29, 1.82) is 5.26 Å². The summed E-state index contributed by atoms with van der Waals surface area (Å²) in [7, 11) is 0. The van der Waals surface area contributed by atoms with Crippen LogP contribution < -0.4 is 4.74 Å². The average Bonchev–Trinajstić information content (AvgIpc) is 2.97. The number of hydrogen-bond acceptors (Lipinski definition) is 6. The number of allylic oxidation sites excluding steroid dienone is 1. The van der Waals surface area contributed by atoms with Gasteiger partial charge >= 0.3 is 5.97 Å². The number of hydrogen-bond donors (Lipinski definition) is 0. The fourth-order valence-corrected chi connectivity index (χ4v) is 1.96. The van der Waals surface area contributed by atoms with E-state index in [0.29, 0.717) is 19.4 Å². The fourth-order valence-electron chi connectivity index (χ4n) is 1.96. The maximum atomic E-state index is 11.3. The smallest absolute Gasteiger partial charge is 0.371 e. The van der Waals surface area contributed by atoms with Crippen molar-refractivity contribution in [3.63, 3.8) is 0 Å². The monoisotopic (exact) mass is 300 g/mol. The number of rotatable bonds is 6. The minimum absolute atomic E-state index is 0.121. The second-order valence-electron chi connectivity index (χ2n) is 4.90. The SMILES string of the molecule is C=C(C)c1cccc(OCCC2CC(C(=O)OC#N)=NO2)c1. The van der Waals surface area contributed by atoms with E-state index in [1.165, 1.54) is 6.26 Å². The van der Waals surface area contributed by atoms with Crippen LogP contribution in [0.3, 0.4) is 0 Å². The van der Waals surface area contributed by atoms with Gasteiger partial charge in [0.1, 0.15) is 11.9 Å². The molecular formula is C16H16N2O4. The fraction of sp³-hybridized carbons (Fsp3) is 0.312. The molecule has 0 saturated carbocycles. The molecule has 0 aliphatic carbocycles. The van der Waals surface area contributed by atoms with Crippen molar-refractivity contribution >= 4 is 17.3 Å². The first kappa shape index (κ1) is 15.6. The summed E-state index contributed by atoms with van der Waals surface area (Å²) in [6, 6.07) is 7.67. The maximum absolute atomic E-state index is 11.3. The summed E-state index contributed by atoms with van der Waals surface area (Å²) in [6.07, 6.45) is 1.96. The van der Waals surface area contributed by atoms with Crippen LogP contribution in [0.25, 0.3) is 5.57 Å². The molecule has 1 atom stereocenters. The first-order valence-electron chi connectivity index (χ1n) is 6.82. The minimum atomic E-state index is -0.764. The van der Waals surface area contributed by atoms with Crippen LogP contribution in [0.5, 0.6) is 5.75 Å². The lowest BCUT2D eigenvalue weighted by Gasteiger charge is -2.10. The molecule has 0 radical (unpaired) electrons. The zero-order chi connectivity index (χ0) is 15.9. The lowest BCUT2D eigenvalue weighted by molar-refractivity contribution is -0.129. The van der Waals surface area contributed by atoms with E-state index >= 15 is 0 Å². The highest BCUT2D eigenvalue weighted by atomic mass is 16.6. The van der Waals surface area contributed by atoms with Crippen molar-refractivity contribution in [2.24, 2.45) is 5.16 Å². The summed E-state index contributed by atoms with van der Waals surface area (Å²) >= 11 is 0. The zero-order valence-electron chi connectivity index (χ0n) is 12.2. The Morgan fingerprint density at radius 2 is 2.41 bits per heavy atom. The van der Waals surface area contributed by atoms with Crippen LogP contribution in [-0.2, 0) is 14.4 Å². The topological polar surface area (TPSA) is 80.9 Å². The number of nitriles is 1. The van der Waals surface area contributed by atoms with Crippen molar-refractivity contribution in [2.75, 3.05) is 6.61 Å². The Balaban J connectivity index is 1.77. The van der Waals surface area contributed by atoms with E-state index in [2.05, 4.69) is 16.5 Å². The highest BCUT2D eigenvalue weighted by Gasteiger charge is 2.27. The van der Waals surface area contributed by atoms with Gasteiger partial charge in [0.05, 0.1) is 6.61 Å². The summed E-state index contributed by atoms with van der Waals surface area (Å²) in [5, 5.41) is 11.9. The second kappa shape index (κ2) is 7.27. The molecule has 1 aliphatic heterocycles. The van der Waals surface area contributed by atoms with Crippen molar-refractivity contribution in [1.82, 2.24) is 0 Å².